The van der Waals surface area contributed by atoms with Crippen LogP contribution in [0, 0.1) is 0 Å². The summed E-state index contributed by atoms with van der Waals surface area (Å²) >= 11 is 8.38. The van der Waals surface area contributed by atoms with Crippen LogP contribution < -0.4 is 5.32 Å². The van der Waals surface area contributed by atoms with Crippen molar-refractivity contribution in [3.05, 3.63) is 28.8 Å². The van der Waals surface area contributed by atoms with Crippen molar-refractivity contribution in [1.29, 1.82) is 0 Å². The summed E-state index contributed by atoms with van der Waals surface area (Å²) in [5, 5.41) is 2.04. The third kappa shape index (κ3) is 3.71. The van der Waals surface area contributed by atoms with Gasteiger partial charge in [0.1, 0.15) is 0 Å². The maximum atomic E-state index is 12.4. The molecule has 0 aromatic heterocycles. The SMILES string of the molecule is O=C(CBr)Nc1ccc(Cl)cc1C(=O)C(F)(F)F. The van der Waals surface area contributed by atoms with E-state index < -0.39 is 23.4 Å². The van der Waals surface area contributed by atoms with Gasteiger partial charge in [0, 0.05) is 5.02 Å². The van der Waals surface area contributed by atoms with Gasteiger partial charge in [-0.25, -0.2) is 0 Å². The molecule has 0 aliphatic heterocycles. The van der Waals surface area contributed by atoms with Gasteiger partial charge in [-0.3, -0.25) is 9.59 Å². The van der Waals surface area contributed by atoms with E-state index in [2.05, 4.69) is 21.2 Å². The van der Waals surface area contributed by atoms with Gasteiger partial charge in [-0.15, -0.1) is 0 Å². The zero-order valence-corrected chi connectivity index (χ0v) is 11.0. The van der Waals surface area contributed by atoms with Crippen LogP contribution in [0.1, 0.15) is 10.4 Å². The fourth-order valence-electron chi connectivity index (χ4n) is 1.15. The fourth-order valence-corrected chi connectivity index (χ4v) is 1.46. The Morgan fingerprint density at radius 2 is 1.94 bits per heavy atom. The van der Waals surface area contributed by atoms with Crippen molar-refractivity contribution in [2.24, 2.45) is 0 Å². The summed E-state index contributed by atoms with van der Waals surface area (Å²) in [6.07, 6.45) is -5.03. The molecule has 0 fully saturated rings. The number of rotatable bonds is 3. The first-order valence-electron chi connectivity index (χ1n) is 4.52. The highest BCUT2D eigenvalue weighted by Crippen LogP contribution is 2.28. The van der Waals surface area contributed by atoms with E-state index in [1.54, 1.807) is 0 Å². The van der Waals surface area contributed by atoms with Gasteiger partial charge in [0.2, 0.25) is 5.91 Å². The van der Waals surface area contributed by atoms with Crippen LogP contribution in [0.4, 0.5) is 18.9 Å². The Morgan fingerprint density at radius 1 is 1.33 bits per heavy atom. The molecule has 0 spiro atoms. The molecular weight excluding hydrogens is 338 g/mol. The van der Waals surface area contributed by atoms with Crippen LogP contribution in [0.2, 0.25) is 5.02 Å². The molecule has 0 saturated carbocycles. The van der Waals surface area contributed by atoms with E-state index in [9.17, 15) is 22.8 Å². The standard InChI is InChI=1S/C10H6BrClF3NO2/c11-4-8(17)16-7-2-1-5(12)3-6(7)9(18)10(13,14)15/h1-3H,4H2,(H,16,17). The average molecular weight is 345 g/mol. The van der Waals surface area contributed by atoms with Gasteiger partial charge >= 0.3 is 6.18 Å². The predicted molar refractivity (Wildman–Crippen MR) is 64.3 cm³/mol. The first kappa shape index (κ1) is 15.0. The van der Waals surface area contributed by atoms with Gasteiger partial charge in [0.25, 0.3) is 5.78 Å². The smallest absolute Gasteiger partial charge is 0.325 e. The van der Waals surface area contributed by atoms with Crippen LogP contribution in [0.3, 0.4) is 0 Å². The molecule has 0 aliphatic rings. The summed E-state index contributed by atoms with van der Waals surface area (Å²) in [5.41, 5.74) is -0.921. The molecular formula is C10H6BrClF3NO2. The number of nitrogens with one attached hydrogen (secondary N) is 1. The van der Waals surface area contributed by atoms with Crippen molar-refractivity contribution >= 4 is 44.9 Å². The van der Waals surface area contributed by atoms with Crippen LogP contribution in [0.5, 0.6) is 0 Å². The highest BCUT2D eigenvalue weighted by molar-refractivity contribution is 9.09. The summed E-state index contributed by atoms with van der Waals surface area (Å²) in [4.78, 5) is 22.3. The normalized spacial score (nSPS) is 11.2. The van der Waals surface area contributed by atoms with Crippen LogP contribution in [-0.4, -0.2) is 23.2 Å². The van der Waals surface area contributed by atoms with Crippen molar-refractivity contribution < 1.29 is 22.8 Å². The second kappa shape index (κ2) is 5.71. The number of carbonyl (C=O) groups is 2. The number of carbonyl (C=O) groups excluding carboxylic acids is 2. The lowest BCUT2D eigenvalue weighted by Gasteiger charge is -2.11. The van der Waals surface area contributed by atoms with Gasteiger partial charge in [0.15, 0.2) is 0 Å². The third-order valence-corrected chi connectivity index (χ3v) is 2.62. The Hall–Kier alpha value is -1.08. The molecule has 8 heteroatoms. The van der Waals surface area contributed by atoms with E-state index in [-0.39, 0.29) is 16.0 Å². The topological polar surface area (TPSA) is 46.2 Å². The van der Waals surface area contributed by atoms with Gasteiger partial charge in [-0.1, -0.05) is 27.5 Å². The molecule has 18 heavy (non-hydrogen) atoms. The summed E-state index contributed by atoms with van der Waals surface area (Å²) in [7, 11) is 0. The number of amides is 1. The summed E-state index contributed by atoms with van der Waals surface area (Å²) in [6.45, 7) is 0. The fraction of sp³-hybridized carbons (Fsp3) is 0.200. The van der Waals surface area contributed by atoms with E-state index in [1.165, 1.54) is 6.07 Å². The van der Waals surface area contributed by atoms with E-state index in [1.807, 2.05) is 0 Å². The number of halogens is 5. The van der Waals surface area contributed by atoms with Gasteiger partial charge in [0.05, 0.1) is 16.6 Å². The molecule has 0 radical (unpaired) electrons. The van der Waals surface area contributed by atoms with Crippen LogP contribution >= 0.6 is 27.5 Å². The Morgan fingerprint density at radius 3 is 2.44 bits per heavy atom. The molecule has 1 rings (SSSR count). The first-order chi connectivity index (χ1) is 8.25. The summed E-state index contributed by atoms with van der Waals surface area (Å²) in [5.74, 6) is -2.64. The van der Waals surface area contributed by atoms with E-state index in [0.717, 1.165) is 12.1 Å². The molecule has 0 atom stereocenters. The first-order valence-corrected chi connectivity index (χ1v) is 6.02. The maximum Gasteiger partial charge on any atom is 0.454 e. The number of hydrogen-bond donors (Lipinski definition) is 1. The van der Waals surface area contributed by atoms with Crippen molar-refractivity contribution in [3.8, 4) is 0 Å². The second-order valence-electron chi connectivity index (χ2n) is 3.20. The number of anilines is 1. The predicted octanol–water partition coefficient (Wildman–Crippen LogP) is 3.42. The molecule has 1 N–H and O–H groups in total. The van der Waals surface area contributed by atoms with Crippen molar-refractivity contribution in [3.63, 3.8) is 0 Å². The van der Waals surface area contributed by atoms with Crippen molar-refractivity contribution in [2.45, 2.75) is 6.18 Å². The van der Waals surface area contributed by atoms with Crippen LogP contribution in [-0.2, 0) is 4.79 Å². The third-order valence-electron chi connectivity index (χ3n) is 1.88. The van der Waals surface area contributed by atoms with E-state index >= 15 is 0 Å². The number of hydrogen-bond acceptors (Lipinski definition) is 2. The minimum Gasteiger partial charge on any atom is -0.325 e. The molecule has 1 aromatic carbocycles. The van der Waals surface area contributed by atoms with Crippen molar-refractivity contribution in [2.75, 3.05) is 10.6 Å². The molecule has 0 unspecified atom stereocenters. The Labute approximate surface area is 113 Å². The van der Waals surface area contributed by atoms with Crippen LogP contribution in [0.15, 0.2) is 18.2 Å². The van der Waals surface area contributed by atoms with Crippen molar-refractivity contribution in [1.82, 2.24) is 0 Å². The summed E-state index contributed by atoms with van der Waals surface area (Å²) in [6, 6.07) is 3.28. The number of alkyl halides is 4. The zero-order valence-electron chi connectivity index (χ0n) is 8.65. The maximum absolute atomic E-state index is 12.4. The quantitative estimate of drug-likeness (QED) is 0.674. The lowest BCUT2D eigenvalue weighted by Crippen LogP contribution is -2.25. The molecule has 0 aliphatic carbocycles. The van der Waals surface area contributed by atoms with Gasteiger partial charge in [-0.05, 0) is 18.2 Å². The highest BCUT2D eigenvalue weighted by atomic mass is 79.9. The van der Waals surface area contributed by atoms with E-state index in [4.69, 9.17) is 11.6 Å². The molecule has 0 heterocycles. The molecule has 1 amide bonds. The molecule has 1 aromatic rings. The number of Topliss-reactive ketones (excluding diaryl/α,β-unsaturated/α-hetero) is 1. The van der Waals surface area contributed by atoms with E-state index in [0.29, 0.717) is 0 Å². The lowest BCUT2D eigenvalue weighted by atomic mass is 10.1. The highest BCUT2D eigenvalue weighted by Gasteiger charge is 2.40. The second-order valence-corrected chi connectivity index (χ2v) is 4.20. The van der Waals surface area contributed by atoms with Gasteiger partial charge in [-0.2, -0.15) is 13.2 Å². The number of ketones is 1. The average Bonchev–Trinajstić information content (AvgIpc) is 2.29. The number of benzene rings is 1. The van der Waals surface area contributed by atoms with Crippen LogP contribution in [0.25, 0.3) is 0 Å². The Balaban J connectivity index is 3.20. The van der Waals surface area contributed by atoms with Gasteiger partial charge < -0.3 is 5.32 Å². The zero-order chi connectivity index (χ0) is 13.9. The summed E-state index contributed by atoms with van der Waals surface area (Å²) < 4.78 is 37.1. The minimum atomic E-state index is -5.03. The monoisotopic (exact) mass is 343 g/mol. The molecule has 0 bridgehead atoms. The Bertz CT molecular complexity index is 491. The molecule has 3 nitrogen and oxygen atoms in total. The Kier molecular flexibility index (Phi) is 4.75. The molecule has 0 saturated heterocycles. The largest absolute Gasteiger partial charge is 0.454 e. The minimum absolute atomic E-state index is 0.0283. The molecule has 98 valence electrons. The lowest BCUT2D eigenvalue weighted by molar-refractivity contribution is -0.113.